The second kappa shape index (κ2) is 5.18. The molecule has 2 rings (SSSR count). The zero-order valence-corrected chi connectivity index (χ0v) is 11.6. The highest BCUT2D eigenvalue weighted by atomic mass is 127. The van der Waals surface area contributed by atoms with E-state index in [9.17, 15) is 10.1 Å². The molecule has 1 aromatic rings. The molecule has 0 radical (unpaired) electrons. The number of nitro benzene ring substituents is 1. The summed E-state index contributed by atoms with van der Waals surface area (Å²) in [6.07, 6.45) is 0. The van der Waals surface area contributed by atoms with Crippen LogP contribution in [-0.4, -0.2) is 28.1 Å². The summed E-state index contributed by atoms with van der Waals surface area (Å²) >= 11 is 2.40. The van der Waals surface area contributed by atoms with Crippen LogP contribution in [0.3, 0.4) is 0 Å². The molecule has 0 aromatic heterocycles. The number of hydrogen-bond acceptors (Lipinski definition) is 4. The topological polar surface area (TPSA) is 58.4 Å². The third-order valence-corrected chi connectivity index (χ3v) is 4.67. The van der Waals surface area contributed by atoms with Gasteiger partial charge in [-0.25, -0.2) is 0 Å². The van der Waals surface area contributed by atoms with Crippen LogP contribution >= 0.6 is 22.6 Å². The van der Waals surface area contributed by atoms with Crippen LogP contribution in [0.15, 0.2) is 24.3 Å². The summed E-state index contributed by atoms with van der Waals surface area (Å²) in [7, 11) is 0. The Morgan fingerprint density at radius 2 is 2.12 bits per heavy atom. The molecule has 1 heterocycles. The first-order chi connectivity index (χ1) is 8.09. The van der Waals surface area contributed by atoms with Gasteiger partial charge in [-0.1, -0.05) is 22.6 Å². The van der Waals surface area contributed by atoms with E-state index in [0.717, 1.165) is 18.8 Å². The van der Waals surface area contributed by atoms with E-state index in [-0.39, 0.29) is 10.6 Å². The maximum atomic E-state index is 10.6. The molecule has 2 unspecified atom stereocenters. The van der Waals surface area contributed by atoms with Gasteiger partial charge in [-0.2, -0.15) is 0 Å². The Hall–Kier alpha value is -0.890. The van der Waals surface area contributed by atoms with Gasteiger partial charge in [0.15, 0.2) is 0 Å². The number of benzene rings is 1. The fourth-order valence-corrected chi connectivity index (χ4v) is 2.79. The molecular formula is C11H14IN3O2. The van der Waals surface area contributed by atoms with E-state index in [1.165, 1.54) is 0 Å². The van der Waals surface area contributed by atoms with Crippen molar-refractivity contribution >= 4 is 34.0 Å². The average molecular weight is 347 g/mol. The molecule has 1 saturated heterocycles. The molecule has 0 bridgehead atoms. The van der Waals surface area contributed by atoms with Crippen molar-refractivity contribution in [3.63, 3.8) is 0 Å². The highest BCUT2D eigenvalue weighted by Crippen LogP contribution is 2.26. The molecule has 0 amide bonds. The van der Waals surface area contributed by atoms with Crippen molar-refractivity contribution in [3.8, 4) is 0 Å². The lowest BCUT2D eigenvalue weighted by molar-refractivity contribution is -0.384. The molecule has 17 heavy (non-hydrogen) atoms. The van der Waals surface area contributed by atoms with Gasteiger partial charge in [0.25, 0.3) is 5.69 Å². The summed E-state index contributed by atoms with van der Waals surface area (Å²) in [5.41, 5.74) is 1.19. The predicted octanol–water partition coefficient (Wildman–Crippen LogP) is 2.15. The Morgan fingerprint density at radius 3 is 2.71 bits per heavy atom. The van der Waals surface area contributed by atoms with Crippen molar-refractivity contribution in [2.24, 2.45) is 0 Å². The lowest BCUT2D eigenvalue weighted by Gasteiger charge is -2.38. The van der Waals surface area contributed by atoms with E-state index in [4.69, 9.17) is 0 Å². The summed E-state index contributed by atoms with van der Waals surface area (Å²) in [4.78, 5) is 12.5. The molecule has 0 aliphatic carbocycles. The highest BCUT2D eigenvalue weighted by molar-refractivity contribution is 14.1. The molecule has 2 atom stereocenters. The molecule has 1 aromatic carbocycles. The second-order valence-electron chi connectivity index (χ2n) is 4.08. The monoisotopic (exact) mass is 347 g/mol. The molecule has 5 nitrogen and oxygen atoms in total. The molecule has 1 N–H and O–H groups in total. The van der Waals surface area contributed by atoms with Crippen molar-refractivity contribution in [2.45, 2.75) is 17.0 Å². The Morgan fingerprint density at radius 1 is 1.47 bits per heavy atom. The third kappa shape index (κ3) is 2.68. The van der Waals surface area contributed by atoms with Crippen molar-refractivity contribution in [1.29, 1.82) is 0 Å². The number of rotatable bonds is 2. The van der Waals surface area contributed by atoms with Crippen LogP contribution in [0.1, 0.15) is 6.92 Å². The second-order valence-corrected chi connectivity index (χ2v) is 5.36. The van der Waals surface area contributed by atoms with Crippen molar-refractivity contribution in [3.05, 3.63) is 34.4 Å². The normalized spacial score (nSPS) is 24.7. The number of anilines is 1. The molecule has 1 aliphatic rings. The highest BCUT2D eigenvalue weighted by Gasteiger charge is 2.25. The van der Waals surface area contributed by atoms with Gasteiger partial charge < -0.3 is 10.2 Å². The Bertz CT molecular complexity index is 410. The molecular weight excluding hydrogens is 333 g/mol. The number of nitrogens with zero attached hydrogens (tertiary/aromatic N) is 2. The van der Waals surface area contributed by atoms with Crippen LogP contribution in [0.5, 0.6) is 0 Å². The minimum Gasteiger partial charge on any atom is -0.357 e. The Labute approximate surface area is 113 Å². The van der Waals surface area contributed by atoms with Gasteiger partial charge in [0, 0.05) is 37.0 Å². The summed E-state index contributed by atoms with van der Waals surface area (Å²) in [5, 5.41) is 14.0. The van der Waals surface area contributed by atoms with Crippen molar-refractivity contribution < 1.29 is 4.92 Å². The van der Waals surface area contributed by atoms with Gasteiger partial charge >= 0.3 is 0 Å². The fourth-order valence-electron chi connectivity index (χ4n) is 1.94. The molecule has 6 heteroatoms. The zero-order chi connectivity index (χ0) is 12.4. The standard InChI is InChI=1S/C11H14IN3O2/c1-8-11(12)14(7-6-13-8)9-2-4-10(5-3-9)15(16)17/h2-5,8,11,13H,6-7H2,1H3. The largest absolute Gasteiger partial charge is 0.357 e. The number of non-ortho nitro benzene ring substituents is 1. The molecule has 0 saturated carbocycles. The van der Waals surface area contributed by atoms with Gasteiger partial charge in [-0.15, -0.1) is 0 Å². The minimum atomic E-state index is -0.369. The third-order valence-electron chi connectivity index (χ3n) is 2.92. The van der Waals surface area contributed by atoms with Gasteiger partial charge in [-0.3, -0.25) is 10.1 Å². The molecule has 0 spiro atoms. The first-order valence-electron chi connectivity index (χ1n) is 5.48. The van der Waals surface area contributed by atoms with E-state index in [1.54, 1.807) is 12.1 Å². The van der Waals surface area contributed by atoms with Crippen LogP contribution in [0.2, 0.25) is 0 Å². The smallest absolute Gasteiger partial charge is 0.269 e. The minimum absolute atomic E-state index is 0.141. The first-order valence-corrected chi connectivity index (χ1v) is 6.72. The summed E-state index contributed by atoms with van der Waals surface area (Å²) in [6, 6.07) is 7.18. The predicted molar refractivity (Wildman–Crippen MR) is 75.7 cm³/mol. The van der Waals surface area contributed by atoms with E-state index in [1.807, 2.05) is 12.1 Å². The Kier molecular flexibility index (Phi) is 3.82. The fraction of sp³-hybridized carbons (Fsp3) is 0.455. The number of nitrogens with one attached hydrogen (secondary N) is 1. The van der Waals surface area contributed by atoms with Gasteiger partial charge in [0.2, 0.25) is 0 Å². The van der Waals surface area contributed by atoms with E-state index < -0.39 is 0 Å². The number of hydrogen-bond donors (Lipinski definition) is 1. The average Bonchev–Trinajstić information content (AvgIpc) is 2.33. The van der Waals surface area contributed by atoms with Crippen LogP contribution in [0.25, 0.3) is 0 Å². The van der Waals surface area contributed by atoms with Gasteiger partial charge in [0.05, 0.1) is 8.97 Å². The van der Waals surface area contributed by atoms with E-state index >= 15 is 0 Å². The number of nitro groups is 1. The van der Waals surface area contributed by atoms with Gasteiger partial charge in [0.1, 0.15) is 0 Å². The number of alkyl halides is 1. The van der Waals surface area contributed by atoms with Crippen LogP contribution in [0, 0.1) is 10.1 Å². The van der Waals surface area contributed by atoms with Crippen LogP contribution in [0.4, 0.5) is 11.4 Å². The number of piperazine rings is 1. The van der Waals surface area contributed by atoms with Crippen LogP contribution < -0.4 is 10.2 Å². The summed E-state index contributed by atoms with van der Waals surface area (Å²) in [5.74, 6) is 0. The number of halogens is 1. The molecule has 1 aliphatic heterocycles. The Balaban J connectivity index is 2.19. The molecule has 1 fully saturated rings. The van der Waals surface area contributed by atoms with Crippen molar-refractivity contribution in [2.75, 3.05) is 18.0 Å². The first kappa shape index (κ1) is 12.6. The lowest BCUT2D eigenvalue weighted by atomic mass is 10.2. The quantitative estimate of drug-likeness (QED) is 0.293. The van der Waals surface area contributed by atoms with E-state index in [2.05, 4.69) is 39.7 Å². The summed E-state index contributed by atoms with van der Waals surface area (Å²) < 4.78 is 0.364. The molecule has 92 valence electrons. The van der Waals surface area contributed by atoms with Crippen LogP contribution in [-0.2, 0) is 0 Å². The zero-order valence-electron chi connectivity index (χ0n) is 9.47. The maximum absolute atomic E-state index is 10.6. The van der Waals surface area contributed by atoms with Gasteiger partial charge in [-0.05, 0) is 19.1 Å². The van der Waals surface area contributed by atoms with E-state index in [0.29, 0.717) is 10.1 Å². The van der Waals surface area contributed by atoms with Crippen molar-refractivity contribution in [1.82, 2.24) is 5.32 Å². The SMILES string of the molecule is CC1NCCN(c2ccc([N+](=O)[O-])cc2)C1I. The maximum Gasteiger partial charge on any atom is 0.269 e. The lowest BCUT2D eigenvalue weighted by Crippen LogP contribution is -2.54. The summed E-state index contributed by atoms with van der Waals surface area (Å²) in [6.45, 7) is 4.02.